The number of ether oxygens (including phenoxy) is 1. The summed E-state index contributed by atoms with van der Waals surface area (Å²) in [5.41, 5.74) is 2.73. The number of carbonyl (C=O) groups is 1. The van der Waals surface area contributed by atoms with Gasteiger partial charge in [-0.2, -0.15) is 0 Å². The number of benzene rings is 1. The van der Waals surface area contributed by atoms with Gasteiger partial charge in [-0.3, -0.25) is 0 Å². The summed E-state index contributed by atoms with van der Waals surface area (Å²) in [7, 11) is 0. The van der Waals surface area contributed by atoms with Crippen LogP contribution in [0, 0.1) is 6.92 Å². The molecule has 2 rings (SSSR count). The Morgan fingerprint density at radius 3 is 2.70 bits per heavy atom. The third-order valence-corrected chi connectivity index (χ3v) is 3.23. The van der Waals surface area contributed by atoms with Crippen LogP contribution in [-0.4, -0.2) is 16.7 Å². The van der Waals surface area contributed by atoms with Crippen LogP contribution in [0.25, 0.3) is 10.9 Å². The maximum absolute atomic E-state index is 11.6. The van der Waals surface area contributed by atoms with Crippen LogP contribution in [0.5, 0.6) is 0 Å². The SMILES string of the molecule is Cc1cc(Br)cc2cc(CNC(=O)OC(C)(C)C)[nH]c12. The van der Waals surface area contributed by atoms with Crippen LogP contribution in [0.1, 0.15) is 32.0 Å². The number of amides is 1. The zero-order valence-electron chi connectivity index (χ0n) is 12.1. The van der Waals surface area contributed by atoms with Crippen molar-refractivity contribution in [3.63, 3.8) is 0 Å². The number of aromatic nitrogens is 1. The molecule has 4 nitrogen and oxygen atoms in total. The van der Waals surface area contributed by atoms with E-state index in [9.17, 15) is 4.79 Å². The van der Waals surface area contributed by atoms with Gasteiger partial charge in [0.05, 0.1) is 6.54 Å². The first kappa shape index (κ1) is 14.9. The first-order chi connectivity index (χ1) is 9.24. The van der Waals surface area contributed by atoms with Crippen molar-refractivity contribution in [3.05, 3.63) is 33.9 Å². The van der Waals surface area contributed by atoms with Crippen molar-refractivity contribution < 1.29 is 9.53 Å². The van der Waals surface area contributed by atoms with E-state index < -0.39 is 11.7 Å². The van der Waals surface area contributed by atoms with Crippen molar-refractivity contribution in [2.45, 2.75) is 39.8 Å². The second-order valence-electron chi connectivity index (χ2n) is 5.84. The van der Waals surface area contributed by atoms with Gasteiger partial charge < -0.3 is 15.0 Å². The summed E-state index contributed by atoms with van der Waals surface area (Å²) in [6.07, 6.45) is -0.408. The number of hydrogen-bond donors (Lipinski definition) is 2. The predicted molar refractivity (Wildman–Crippen MR) is 83.8 cm³/mol. The fourth-order valence-corrected chi connectivity index (χ4v) is 2.60. The minimum atomic E-state index is -0.480. The summed E-state index contributed by atoms with van der Waals surface area (Å²) in [5, 5.41) is 3.87. The normalized spacial score (nSPS) is 11.7. The van der Waals surface area contributed by atoms with Crippen LogP contribution >= 0.6 is 15.9 Å². The molecule has 0 aliphatic heterocycles. The van der Waals surface area contributed by atoms with Crippen molar-refractivity contribution in [2.75, 3.05) is 0 Å². The molecule has 1 aromatic carbocycles. The Labute approximate surface area is 127 Å². The van der Waals surface area contributed by atoms with Crippen molar-refractivity contribution >= 4 is 32.9 Å². The fourth-order valence-electron chi connectivity index (χ4n) is 2.01. The van der Waals surface area contributed by atoms with Crippen molar-refractivity contribution in [1.82, 2.24) is 10.3 Å². The monoisotopic (exact) mass is 338 g/mol. The summed E-state index contributed by atoms with van der Waals surface area (Å²) >= 11 is 3.48. The first-order valence-electron chi connectivity index (χ1n) is 6.49. The summed E-state index contributed by atoms with van der Waals surface area (Å²) in [5.74, 6) is 0. The topological polar surface area (TPSA) is 54.1 Å². The van der Waals surface area contributed by atoms with Crippen LogP contribution in [-0.2, 0) is 11.3 Å². The molecule has 0 spiro atoms. The number of rotatable bonds is 2. The van der Waals surface area contributed by atoms with Gasteiger partial charge in [-0.1, -0.05) is 15.9 Å². The molecule has 0 saturated carbocycles. The number of hydrogen-bond acceptors (Lipinski definition) is 2. The molecule has 1 heterocycles. The highest BCUT2D eigenvalue weighted by Gasteiger charge is 2.16. The number of halogens is 1. The highest BCUT2D eigenvalue weighted by molar-refractivity contribution is 9.10. The van der Waals surface area contributed by atoms with Crippen LogP contribution < -0.4 is 5.32 Å². The summed E-state index contributed by atoms with van der Waals surface area (Å²) < 4.78 is 6.25. The van der Waals surface area contributed by atoms with Gasteiger partial charge in [0.1, 0.15) is 5.60 Å². The van der Waals surface area contributed by atoms with Gasteiger partial charge in [-0.25, -0.2) is 4.79 Å². The number of aryl methyl sites for hydroxylation is 1. The summed E-state index contributed by atoms with van der Waals surface area (Å²) in [6.45, 7) is 8.00. The lowest BCUT2D eigenvalue weighted by Crippen LogP contribution is -2.32. The standard InChI is InChI=1S/C15H19BrN2O2/c1-9-5-11(16)6-10-7-12(18-13(9)10)8-17-14(19)20-15(2,3)4/h5-7,18H,8H2,1-4H3,(H,17,19). The van der Waals surface area contributed by atoms with E-state index in [0.29, 0.717) is 6.54 Å². The Morgan fingerprint density at radius 1 is 1.35 bits per heavy atom. The van der Waals surface area contributed by atoms with E-state index in [1.165, 1.54) is 0 Å². The van der Waals surface area contributed by atoms with E-state index in [0.717, 1.165) is 26.6 Å². The maximum Gasteiger partial charge on any atom is 0.407 e. The molecule has 0 aliphatic rings. The molecule has 0 fully saturated rings. The maximum atomic E-state index is 11.6. The minimum absolute atomic E-state index is 0.408. The zero-order chi connectivity index (χ0) is 14.9. The molecule has 0 saturated heterocycles. The van der Waals surface area contributed by atoms with E-state index in [-0.39, 0.29) is 0 Å². The first-order valence-corrected chi connectivity index (χ1v) is 7.28. The summed E-state index contributed by atoms with van der Waals surface area (Å²) in [6, 6.07) is 6.14. The molecule has 20 heavy (non-hydrogen) atoms. The zero-order valence-corrected chi connectivity index (χ0v) is 13.7. The average Bonchev–Trinajstić information content (AvgIpc) is 2.67. The van der Waals surface area contributed by atoms with Gasteiger partial charge in [0, 0.05) is 21.1 Å². The van der Waals surface area contributed by atoms with Gasteiger partial charge in [-0.15, -0.1) is 0 Å². The number of nitrogens with one attached hydrogen (secondary N) is 2. The molecular weight excluding hydrogens is 320 g/mol. The van der Waals surface area contributed by atoms with Crippen LogP contribution in [0.4, 0.5) is 4.79 Å². The molecule has 0 atom stereocenters. The number of fused-ring (bicyclic) bond motifs is 1. The van der Waals surface area contributed by atoms with Gasteiger partial charge in [0.2, 0.25) is 0 Å². The molecular formula is C15H19BrN2O2. The van der Waals surface area contributed by atoms with Crippen molar-refractivity contribution in [1.29, 1.82) is 0 Å². The van der Waals surface area contributed by atoms with E-state index in [2.05, 4.69) is 45.3 Å². The molecule has 0 radical (unpaired) electrons. The number of carbonyl (C=O) groups excluding carboxylic acids is 1. The third-order valence-electron chi connectivity index (χ3n) is 2.77. The third kappa shape index (κ3) is 3.76. The smallest absolute Gasteiger partial charge is 0.407 e. The molecule has 108 valence electrons. The molecule has 0 unspecified atom stereocenters. The minimum Gasteiger partial charge on any atom is -0.444 e. The molecule has 5 heteroatoms. The van der Waals surface area contributed by atoms with Crippen molar-refractivity contribution in [3.8, 4) is 0 Å². The predicted octanol–water partition coefficient (Wildman–Crippen LogP) is 4.26. The number of aromatic amines is 1. The Kier molecular flexibility index (Phi) is 4.09. The van der Waals surface area contributed by atoms with Gasteiger partial charge in [-0.05, 0) is 51.5 Å². The van der Waals surface area contributed by atoms with E-state index in [1.54, 1.807) is 0 Å². The van der Waals surface area contributed by atoms with E-state index >= 15 is 0 Å². The quantitative estimate of drug-likeness (QED) is 0.859. The highest BCUT2D eigenvalue weighted by atomic mass is 79.9. The molecule has 0 bridgehead atoms. The molecule has 2 N–H and O–H groups in total. The fraction of sp³-hybridized carbons (Fsp3) is 0.400. The molecule has 1 amide bonds. The Hall–Kier alpha value is -1.49. The van der Waals surface area contributed by atoms with E-state index in [1.807, 2.05) is 26.8 Å². The van der Waals surface area contributed by atoms with Gasteiger partial charge in [0.15, 0.2) is 0 Å². The Balaban J connectivity index is 2.08. The van der Waals surface area contributed by atoms with Gasteiger partial charge in [0.25, 0.3) is 0 Å². The number of alkyl carbamates (subject to hydrolysis) is 1. The Morgan fingerprint density at radius 2 is 2.05 bits per heavy atom. The highest BCUT2D eigenvalue weighted by Crippen LogP contribution is 2.24. The Bertz CT molecular complexity index is 641. The average molecular weight is 339 g/mol. The summed E-state index contributed by atoms with van der Waals surface area (Å²) in [4.78, 5) is 14.9. The lowest BCUT2D eigenvalue weighted by molar-refractivity contribution is 0.0523. The molecule has 2 aromatic rings. The van der Waals surface area contributed by atoms with Gasteiger partial charge >= 0.3 is 6.09 Å². The molecule has 0 aliphatic carbocycles. The van der Waals surface area contributed by atoms with Crippen molar-refractivity contribution in [2.24, 2.45) is 0 Å². The second kappa shape index (κ2) is 5.48. The lowest BCUT2D eigenvalue weighted by atomic mass is 10.2. The molecule has 1 aromatic heterocycles. The lowest BCUT2D eigenvalue weighted by Gasteiger charge is -2.19. The van der Waals surface area contributed by atoms with Crippen LogP contribution in [0.2, 0.25) is 0 Å². The number of H-pyrrole nitrogens is 1. The van der Waals surface area contributed by atoms with Crippen LogP contribution in [0.15, 0.2) is 22.7 Å². The second-order valence-corrected chi connectivity index (χ2v) is 6.75. The van der Waals surface area contributed by atoms with Crippen LogP contribution in [0.3, 0.4) is 0 Å². The van der Waals surface area contributed by atoms with E-state index in [4.69, 9.17) is 4.74 Å². The largest absolute Gasteiger partial charge is 0.444 e.